The van der Waals surface area contributed by atoms with E-state index < -0.39 is 11.6 Å². The van der Waals surface area contributed by atoms with Crippen LogP contribution in [0, 0.1) is 0 Å². The molecule has 5 aromatic rings. The van der Waals surface area contributed by atoms with Gasteiger partial charge in [-0.25, -0.2) is 4.79 Å². The van der Waals surface area contributed by atoms with Gasteiger partial charge in [-0.1, -0.05) is 66.7 Å². The number of methoxy groups -OCH3 is 1. The fraction of sp³-hybridized carbons (Fsp3) is 0.226. The number of para-hydroxylation sites is 2. The Hall–Kier alpha value is -4.56. The molecule has 39 heavy (non-hydrogen) atoms. The van der Waals surface area contributed by atoms with Gasteiger partial charge >= 0.3 is 6.09 Å². The number of amides is 2. The highest BCUT2D eigenvalue weighted by molar-refractivity contribution is 5.92. The topological polar surface area (TPSA) is 106 Å². The predicted octanol–water partition coefficient (Wildman–Crippen LogP) is 5.65. The van der Waals surface area contributed by atoms with Gasteiger partial charge in [0.2, 0.25) is 5.91 Å². The first kappa shape index (κ1) is 26.1. The van der Waals surface area contributed by atoms with Gasteiger partial charge in [-0.05, 0) is 36.2 Å². The van der Waals surface area contributed by atoms with Crippen LogP contribution < -0.4 is 10.6 Å². The van der Waals surface area contributed by atoms with Gasteiger partial charge in [-0.15, -0.1) is 0 Å². The van der Waals surface area contributed by atoms with Crippen molar-refractivity contribution < 1.29 is 23.5 Å². The molecule has 0 fully saturated rings. The van der Waals surface area contributed by atoms with Gasteiger partial charge in [-0.2, -0.15) is 0 Å². The summed E-state index contributed by atoms with van der Waals surface area (Å²) >= 11 is 0. The monoisotopic (exact) mass is 525 g/mol. The molecule has 200 valence electrons. The van der Waals surface area contributed by atoms with Crippen LogP contribution in [0.4, 0.5) is 4.79 Å². The van der Waals surface area contributed by atoms with Crippen LogP contribution in [0.2, 0.25) is 0 Å². The molecule has 0 unspecified atom stereocenters. The molecular formula is C31H31N3O5. The van der Waals surface area contributed by atoms with Crippen molar-refractivity contribution in [3.05, 3.63) is 108 Å². The fourth-order valence-electron chi connectivity index (χ4n) is 4.82. The standard InChI is InChI=1S/C31H31N3O5/c1-21(22-10-4-3-5-11-22)33-29(35)31(20-37-2,17-24-18-32-27-14-8-7-13-26(24)27)34-30(36)38-19-25-16-23-12-6-9-15-28(23)39-25/h3-16,18,21,32H,17,19-20H2,1-2H3,(H,33,35)(H,34,36)/t21-,31-/m0/s1. The summed E-state index contributed by atoms with van der Waals surface area (Å²) in [7, 11) is 1.50. The number of benzene rings is 3. The summed E-state index contributed by atoms with van der Waals surface area (Å²) in [6.07, 6.45) is 1.28. The van der Waals surface area contributed by atoms with Crippen LogP contribution >= 0.6 is 0 Å². The first-order chi connectivity index (χ1) is 19.0. The van der Waals surface area contributed by atoms with E-state index in [9.17, 15) is 9.59 Å². The Morgan fingerprint density at radius 2 is 1.74 bits per heavy atom. The molecule has 0 aliphatic rings. The predicted molar refractivity (Wildman–Crippen MR) is 149 cm³/mol. The van der Waals surface area contributed by atoms with Gasteiger partial charge in [0.25, 0.3) is 0 Å². The number of rotatable bonds is 10. The summed E-state index contributed by atoms with van der Waals surface area (Å²) in [6, 6.07) is 26.5. The largest absolute Gasteiger partial charge is 0.457 e. The molecule has 0 aliphatic heterocycles. The zero-order valence-electron chi connectivity index (χ0n) is 21.9. The zero-order valence-corrected chi connectivity index (χ0v) is 21.9. The van der Waals surface area contributed by atoms with Gasteiger partial charge < -0.3 is 29.5 Å². The Labute approximate surface area is 226 Å². The number of nitrogens with one attached hydrogen (secondary N) is 3. The highest BCUT2D eigenvalue weighted by Crippen LogP contribution is 2.25. The van der Waals surface area contributed by atoms with Gasteiger partial charge in [-0.3, -0.25) is 4.79 Å². The number of hydrogen-bond acceptors (Lipinski definition) is 5. The Balaban J connectivity index is 1.40. The SMILES string of the molecule is COC[C@](Cc1c[nH]c2ccccc12)(NC(=O)OCc1cc2ccccc2o1)C(=O)N[C@@H](C)c1ccccc1. The van der Waals surface area contributed by atoms with E-state index in [-0.39, 0.29) is 31.6 Å². The van der Waals surface area contributed by atoms with Gasteiger partial charge in [0.05, 0.1) is 12.6 Å². The van der Waals surface area contributed by atoms with Crippen LogP contribution in [0.15, 0.2) is 95.5 Å². The van der Waals surface area contributed by atoms with Crippen LogP contribution in [-0.4, -0.2) is 36.2 Å². The maximum atomic E-state index is 13.9. The van der Waals surface area contributed by atoms with Gasteiger partial charge in [0.1, 0.15) is 16.9 Å². The third-order valence-electron chi connectivity index (χ3n) is 6.80. The van der Waals surface area contributed by atoms with Crippen molar-refractivity contribution in [2.75, 3.05) is 13.7 Å². The highest BCUT2D eigenvalue weighted by atomic mass is 16.6. The highest BCUT2D eigenvalue weighted by Gasteiger charge is 2.42. The normalized spacial score (nSPS) is 13.6. The first-order valence-corrected chi connectivity index (χ1v) is 12.8. The van der Waals surface area contributed by atoms with Crippen LogP contribution in [0.25, 0.3) is 21.9 Å². The Morgan fingerprint density at radius 3 is 2.54 bits per heavy atom. The Morgan fingerprint density at radius 1 is 1.00 bits per heavy atom. The molecule has 2 amide bonds. The van der Waals surface area contributed by atoms with E-state index in [1.54, 1.807) is 0 Å². The van der Waals surface area contributed by atoms with E-state index in [4.69, 9.17) is 13.9 Å². The number of carbonyl (C=O) groups excluding carboxylic acids is 2. The molecule has 8 nitrogen and oxygen atoms in total. The number of aromatic nitrogens is 1. The van der Waals surface area contributed by atoms with E-state index in [2.05, 4.69) is 15.6 Å². The van der Waals surface area contributed by atoms with Crippen molar-refractivity contribution in [3.63, 3.8) is 0 Å². The number of fused-ring (bicyclic) bond motifs is 2. The van der Waals surface area contributed by atoms with Crippen LogP contribution in [0.3, 0.4) is 0 Å². The van der Waals surface area contributed by atoms with E-state index in [0.717, 1.165) is 27.4 Å². The molecule has 0 spiro atoms. The van der Waals surface area contributed by atoms with Crippen LogP contribution in [0.5, 0.6) is 0 Å². The number of hydrogen-bond donors (Lipinski definition) is 3. The second kappa shape index (κ2) is 11.4. The number of aromatic amines is 1. The molecule has 2 atom stereocenters. The summed E-state index contributed by atoms with van der Waals surface area (Å²) in [6.45, 7) is 1.74. The number of alkyl carbamates (subject to hydrolysis) is 1. The number of H-pyrrole nitrogens is 1. The molecular weight excluding hydrogens is 494 g/mol. The minimum atomic E-state index is -1.45. The first-order valence-electron chi connectivity index (χ1n) is 12.8. The second-order valence-corrected chi connectivity index (χ2v) is 9.61. The van der Waals surface area contributed by atoms with Crippen LogP contribution in [0.1, 0.15) is 29.9 Å². The molecule has 2 aromatic heterocycles. The number of ether oxygens (including phenoxy) is 2. The van der Waals surface area contributed by atoms with E-state index >= 15 is 0 Å². The molecule has 0 saturated carbocycles. The van der Waals surface area contributed by atoms with Crippen LogP contribution in [-0.2, 0) is 27.3 Å². The molecule has 0 bridgehead atoms. The number of carbonyl (C=O) groups is 2. The van der Waals surface area contributed by atoms with E-state index in [1.165, 1.54) is 7.11 Å². The lowest BCUT2D eigenvalue weighted by molar-refractivity contribution is -0.130. The third-order valence-corrected chi connectivity index (χ3v) is 6.80. The van der Waals surface area contributed by atoms with Crippen molar-refractivity contribution in [3.8, 4) is 0 Å². The quantitative estimate of drug-likeness (QED) is 0.219. The van der Waals surface area contributed by atoms with Gasteiger partial charge in [0.15, 0.2) is 6.61 Å². The lowest BCUT2D eigenvalue weighted by Gasteiger charge is -2.33. The smallest absolute Gasteiger partial charge is 0.408 e. The lowest BCUT2D eigenvalue weighted by atomic mass is 9.89. The average Bonchev–Trinajstić information content (AvgIpc) is 3.56. The summed E-state index contributed by atoms with van der Waals surface area (Å²) in [5.41, 5.74) is 2.00. The summed E-state index contributed by atoms with van der Waals surface area (Å²) in [5, 5.41) is 7.78. The van der Waals surface area contributed by atoms with Gasteiger partial charge in [0, 0.05) is 36.0 Å². The molecule has 8 heteroatoms. The lowest BCUT2D eigenvalue weighted by Crippen LogP contribution is -2.63. The molecule has 3 N–H and O–H groups in total. The molecule has 5 rings (SSSR count). The Bertz CT molecular complexity index is 1540. The third kappa shape index (κ3) is 5.81. The second-order valence-electron chi connectivity index (χ2n) is 9.61. The minimum Gasteiger partial charge on any atom is -0.457 e. The van der Waals surface area contributed by atoms with E-state index in [0.29, 0.717) is 11.3 Å². The molecule has 0 aliphatic carbocycles. The van der Waals surface area contributed by atoms with E-state index in [1.807, 2.05) is 98.0 Å². The van der Waals surface area contributed by atoms with Crippen molar-refractivity contribution in [2.24, 2.45) is 0 Å². The average molecular weight is 526 g/mol. The van der Waals surface area contributed by atoms with Crippen molar-refractivity contribution in [1.82, 2.24) is 15.6 Å². The molecule has 0 saturated heterocycles. The maximum Gasteiger partial charge on any atom is 0.408 e. The summed E-state index contributed by atoms with van der Waals surface area (Å²) < 4.78 is 16.8. The summed E-state index contributed by atoms with van der Waals surface area (Å²) in [4.78, 5) is 30.3. The molecule has 3 aromatic carbocycles. The van der Waals surface area contributed by atoms with Crippen molar-refractivity contribution in [2.45, 2.75) is 31.5 Å². The van der Waals surface area contributed by atoms with Crippen molar-refractivity contribution >= 4 is 33.9 Å². The fourth-order valence-corrected chi connectivity index (χ4v) is 4.82. The molecule has 0 radical (unpaired) electrons. The number of furan rings is 1. The molecule has 2 heterocycles. The maximum absolute atomic E-state index is 13.9. The summed E-state index contributed by atoms with van der Waals surface area (Å²) in [5.74, 6) is 0.120. The zero-order chi connectivity index (χ0) is 27.2. The van der Waals surface area contributed by atoms with Crippen molar-refractivity contribution in [1.29, 1.82) is 0 Å². The minimum absolute atomic E-state index is 0.0699. The Kier molecular flexibility index (Phi) is 7.65.